The van der Waals surface area contributed by atoms with Gasteiger partial charge in [0, 0.05) is 24.3 Å². The Morgan fingerprint density at radius 2 is 2.00 bits per heavy atom. The average Bonchev–Trinajstić information content (AvgIpc) is 2.81. The molecule has 24 heavy (non-hydrogen) atoms. The summed E-state index contributed by atoms with van der Waals surface area (Å²) in [7, 11) is 0. The second kappa shape index (κ2) is 6.73. The lowest BCUT2D eigenvalue weighted by atomic mass is 10.1. The highest BCUT2D eigenvalue weighted by atomic mass is 19.1. The lowest BCUT2D eigenvalue weighted by Gasteiger charge is -2.28. The van der Waals surface area contributed by atoms with Gasteiger partial charge in [0.05, 0.1) is 11.3 Å². The second-order valence-corrected chi connectivity index (χ2v) is 6.64. The summed E-state index contributed by atoms with van der Waals surface area (Å²) in [6, 6.07) is 6.23. The number of carbonyl (C=O) groups excluding carboxylic acids is 1. The highest BCUT2D eigenvalue weighted by Gasteiger charge is 2.23. The number of aromatic nitrogens is 2. The van der Waals surface area contributed by atoms with Crippen LogP contribution in [0.1, 0.15) is 42.5 Å². The molecule has 0 saturated carbocycles. The Bertz CT molecular complexity index is 747. The first-order valence-electron chi connectivity index (χ1n) is 7.97. The van der Waals surface area contributed by atoms with Crippen molar-refractivity contribution in [1.29, 1.82) is 0 Å². The first-order chi connectivity index (χ1) is 11.1. The number of likely N-dealkylation sites (N-methyl/N-ethyl adjacent to an activating group) is 1. The Labute approximate surface area is 141 Å². The van der Waals surface area contributed by atoms with Crippen molar-refractivity contribution < 1.29 is 14.3 Å². The van der Waals surface area contributed by atoms with Crippen LogP contribution >= 0.6 is 0 Å². The summed E-state index contributed by atoms with van der Waals surface area (Å²) in [4.78, 5) is 14.0. The van der Waals surface area contributed by atoms with Gasteiger partial charge in [0.2, 0.25) is 0 Å². The molecule has 0 radical (unpaired) electrons. The minimum absolute atomic E-state index is 0.184. The Hall–Kier alpha value is -2.21. The highest BCUT2D eigenvalue weighted by Crippen LogP contribution is 2.19. The highest BCUT2D eigenvalue weighted by molar-refractivity contribution is 5.94. The van der Waals surface area contributed by atoms with Crippen LogP contribution in [0.4, 0.5) is 4.39 Å². The van der Waals surface area contributed by atoms with Gasteiger partial charge in [-0.25, -0.2) is 9.07 Å². The van der Waals surface area contributed by atoms with Crippen molar-refractivity contribution in [3.63, 3.8) is 0 Å². The molecule has 0 unspecified atom stereocenters. The van der Waals surface area contributed by atoms with E-state index < -0.39 is 11.4 Å². The van der Waals surface area contributed by atoms with Crippen molar-refractivity contribution in [3.05, 3.63) is 47.0 Å². The predicted octanol–water partition coefficient (Wildman–Crippen LogP) is 2.86. The molecule has 1 aromatic carbocycles. The maximum atomic E-state index is 14.5. The van der Waals surface area contributed by atoms with E-state index in [1.807, 2.05) is 26.8 Å². The van der Waals surface area contributed by atoms with Gasteiger partial charge < -0.3 is 10.0 Å². The van der Waals surface area contributed by atoms with Crippen LogP contribution in [0, 0.1) is 19.7 Å². The third-order valence-electron chi connectivity index (χ3n) is 3.68. The summed E-state index contributed by atoms with van der Waals surface area (Å²) in [6.45, 7) is 9.40. The van der Waals surface area contributed by atoms with Gasteiger partial charge in [0.25, 0.3) is 5.91 Å². The zero-order valence-electron chi connectivity index (χ0n) is 14.8. The summed E-state index contributed by atoms with van der Waals surface area (Å²) in [6.07, 6.45) is 0. The average molecular weight is 333 g/mol. The van der Waals surface area contributed by atoms with Crippen LogP contribution in [0.2, 0.25) is 0 Å². The van der Waals surface area contributed by atoms with Crippen LogP contribution in [-0.2, 0) is 0 Å². The van der Waals surface area contributed by atoms with Crippen LogP contribution in [-0.4, -0.2) is 44.4 Å². The molecule has 2 rings (SSSR count). The molecule has 5 nitrogen and oxygen atoms in total. The number of nitrogens with zero attached hydrogens (tertiary/aromatic N) is 3. The quantitative estimate of drug-likeness (QED) is 0.915. The van der Waals surface area contributed by atoms with E-state index in [-0.39, 0.29) is 18.0 Å². The van der Waals surface area contributed by atoms with Gasteiger partial charge in [0.15, 0.2) is 0 Å². The largest absolute Gasteiger partial charge is 0.389 e. The fourth-order valence-corrected chi connectivity index (χ4v) is 2.66. The monoisotopic (exact) mass is 333 g/mol. The maximum Gasteiger partial charge on any atom is 0.254 e. The summed E-state index contributed by atoms with van der Waals surface area (Å²) in [5.74, 6) is -0.815. The van der Waals surface area contributed by atoms with Gasteiger partial charge >= 0.3 is 0 Å². The predicted molar refractivity (Wildman–Crippen MR) is 90.9 cm³/mol. The molecule has 2 aromatic rings. The van der Waals surface area contributed by atoms with Crippen LogP contribution in [0.15, 0.2) is 24.3 Å². The standard InChI is InChI=1S/C18H24FN3O2/c1-6-21(11-18(4,5)24)17(23)14-7-8-16(15(19)10-14)22-13(3)9-12(2)20-22/h7-10,24H,6,11H2,1-5H3. The summed E-state index contributed by atoms with van der Waals surface area (Å²) < 4.78 is 16.0. The number of amides is 1. The molecule has 0 aliphatic carbocycles. The first-order valence-corrected chi connectivity index (χ1v) is 7.97. The van der Waals surface area contributed by atoms with E-state index in [0.717, 1.165) is 11.4 Å². The van der Waals surface area contributed by atoms with Crippen LogP contribution in [0.5, 0.6) is 0 Å². The fourth-order valence-electron chi connectivity index (χ4n) is 2.66. The van der Waals surface area contributed by atoms with Gasteiger partial charge in [0.1, 0.15) is 11.5 Å². The van der Waals surface area contributed by atoms with Gasteiger partial charge in [-0.1, -0.05) is 0 Å². The molecule has 0 spiro atoms. The van der Waals surface area contributed by atoms with E-state index in [2.05, 4.69) is 5.10 Å². The Kier molecular flexibility index (Phi) is 5.08. The zero-order valence-corrected chi connectivity index (χ0v) is 14.8. The number of aryl methyl sites for hydroxylation is 2. The molecule has 0 bridgehead atoms. The Balaban J connectivity index is 2.32. The number of aliphatic hydroxyl groups is 1. The van der Waals surface area contributed by atoms with E-state index in [0.29, 0.717) is 12.2 Å². The van der Waals surface area contributed by atoms with Crippen molar-refractivity contribution in [2.45, 2.75) is 40.2 Å². The number of halogens is 1. The van der Waals surface area contributed by atoms with E-state index in [4.69, 9.17) is 0 Å². The molecule has 0 fully saturated rings. The van der Waals surface area contributed by atoms with Gasteiger partial charge in [-0.05, 0) is 58.9 Å². The third-order valence-corrected chi connectivity index (χ3v) is 3.68. The third kappa shape index (κ3) is 4.00. The molecule has 1 N–H and O–H groups in total. The van der Waals surface area contributed by atoms with Crippen molar-refractivity contribution in [2.75, 3.05) is 13.1 Å². The normalized spacial score (nSPS) is 11.6. The smallest absolute Gasteiger partial charge is 0.254 e. The van der Waals surface area contributed by atoms with Crippen molar-refractivity contribution in [1.82, 2.24) is 14.7 Å². The number of carbonyl (C=O) groups is 1. The lowest BCUT2D eigenvalue weighted by molar-refractivity contribution is 0.0314. The van der Waals surface area contributed by atoms with Crippen molar-refractivity contribution in [3.8, 4) is 5.69 Å². The van der Waals surface area contributed by atoms with Crippen LogP contribution in [0.25, 0.3) is 5.69 Å². The van der Waals surface area contributed by atoms with E-state index in [1.165, 1.54) is 15.6 Å². The van der Waals surface area contributed by atoms with Gasteiger partial charge in [-0.2, -0.15) is 5.10 Å². The van der Waals surface area contributed by atoms with E-state index >= 15 is 0 Å². The first kappa shape index (κ1) is 18.1. The van der Waals surface area contributed by atoms with E-state index in [1.54, 1.807) is 26.0 Å². The molecule has 1 aromatic heterocycles. The Morgan fingerprint density at radius 3 is 2.46 bits per heavy atom. The lowest BCUT2D eigenvalue weighted by Crippen LogP contribution is -2.42. The SMILES string of the molecule is CCN(CC(C)(C)O)C(=O)c1ccc(-n2nc(C)cc2C)c(F)c1. The van der Waals surface area contributed by atoms with Gasteiger partial charge in [-0.15, -0.1) is 0 Å². The summed E-state index contributed by atoms with van der Waals surface area (Å²) >= 11 is 0. The molecule has 130 valence electrons. The molecular weight excluding hydrogens is 309 g/mol. The number of benzene rings is 1. The summed E-state index contributed by atoms with van der Waals surface area (Å²) in [5.41, 5.74) is 1.18. The van der Waals surface area contributed by atoms with Crippen molar-refractivity contribution >= 4 is 5.91 Å². The van der Waals surface area contributed by atoms with Crippen molar-refractivity contribution in [2.24, 2.45) is 0 Å². The fraction of sp³-hybridized carbons (Fsp3) is 0.444. The number of hydrogen-bond donors (Lipinski definition) is 1. The molecule has 0 atom stereocenters. The van der Waals surface area contributed by atoms with Crippen LogP contribution < -0.4 is 0 Å². The molecule has 1 heterocycles. The molecule has 1 amide bonds. The second-order valence-electron chi connectivity index (χ2n) is 6.64. The minimum Gasteiger partial charge on any atom is -0.389 e. The Morgan fingerprint density at radius 1 is 1.33 bits per heavy atom. The number of hydrogen-bond acceptors (Lipinski definition) is 3. The molecule has 0 aliphatic heterocycles. The number of rotatable bonds is 5. The minimum atomic E-state index is -1.01. The molecule has 6 heteroatoms. The molecule has 0 aliphatic rings. The van der Waals surface area contributed by atoms with Gasteiger partial charge in [-0.3, -0.25) is 4.79 Å². The summed E-state index contributed by atoms with van der Waals surface area (Å²) in [5, 5.41) is 14.2. The van der Waals surface area contributed by atoms with Crippen LogP contribution in [0.3, 0.4) is 0 Å². The maximum absolute atomic E-state index is 14.5. The molecular formula is C18H24FN3O2. The van der Waals surface area contributed by atoms with E-state index in [9.17, 15) is 14.3 Å². The zero-order chi connectivity index (χ0) is 18.1. The molecule has 0 saturated heterocycles. The topological polar surface area (TPSA) is 58.4 Å².